The van der Waals surface area contributed by atoms with Gasteiger partial charge in [-0.25, -0.2) is 9.97 Å². The van der Waals surface area contributed by atoms with E-state index in [0.29, 0.717) is 17.1 Å². The lowest BCUT2D eigenvalue weighted by Crippen LogP contribution is -2.22. The Morgan fingerprint density at radius 3 is 2.25 bits per heavy atom. The maximum atomic E-state index is 6.25. The standard InChI is InChI=1S/C16H26ClN3/c1-11(2)15-19-14(17)12(3)16(20-15)18-13-9-7-5-4-6-8-10-13/h11,13H,4-10H2,1-3H3,(H,18,19,20). The Bertz CT molecular complexity index is 438. The number of anilines is 1. The van der Waals surface area contributed by atoms with Crippen LogP contribution in [0.1, 0.15) is 76.1 Å². The minimum atomic E-state index is 0.297. The zero-order valence-electron chi connectivity index (χ0n) is 12.9. The maximum absolute atomic E-state index is 6.25. The van der Waals surface area contributed by atoms with Crippen LogP contribution in [-0.4, -0.2) is 16.0 Å². The maximum Gasteiger partial charge on any atom is 0.137 e. The lowest BCUT2D eigenvalue weighted by Gasteiger charge is -2.23. The second-order valence-electron chi connectivity index (χ2n) is 6.19. The first kappa shape index (κ1) is 15.6. The molecule has 112 valence electrons. The van der Waals surface area contributed by atoms with Crippen molar-refractivity contribution in [2.45, 2.75) is 77.7 Å². The molecule has 1 aromatic rings. The van der Waals surface area contributed by atoms with Gasteiger partial charge in [0, 0.05) is 17.5 Å². The molecule has 1 aromatic heterocycles. The van der Waals surface area contributed by atoms with Crippen molar-refractivity contribution in [1.82, 2.24) is 9.97 Å². The second-order valence-corrected chi connectivity index (χ2v) is 6.55. The van der Waals surface area contributed by atoms with Gasteiger partial charge in [-0.15, -0.1) is 0 Å². The van der Waals surface area contributed by atoms with E-state index in [2.05, 4.69) is 29.1 Å². The van der Waals surface area contributed by atoms with E-state index in [-0.39, 0.29) is 0 Å². The Morgan fingerprint density at radius 2 is 1.65 bits per heavy atom. The van der Waals surface area contributed by atoms with Crippen LogP contribution < -0.4 is 5.32 Å². The monoisotopic (exact) mass is 295 g/mol. The predicted octanol–water partition coefficient (Wildman–Crippen LogP) is 5.09. The molecule has 0 amide bonds. The molecule has 4 heteroatoms. The number of halogens is 1. The topological polar surface area (TPSA) is 37.8 Å². The molecule has 0 spiro atoms. The van der Waals surface area contributed by atoms with E-state index in [1.807, 2.05) is 6.92 Å². The molecule has 0 radical (unpaired) electrons. The molecule has 20 heavy (non-hydrogen) atoms. The number of hydrogen-bond donors (Lipinski definition) is 1. The molecule has 1 N–H and O–H groups in total. The Hall–Kier alpha value is -0.830. The van der Waals surface area contributed by atoms with Crippen LogP contribution in [0.4, 0.5) is 5.82 Å². The van der Waals surface area contributed by atoms with Crippen LogP contribution in [0.3, 0.4) is 0 Å². The van der Waals surface area contributed by atoms with Crippen molar-refractivity contribution < 1.29 is 0 Å². The van der Waals surface area contributed by atoms with E-state index in [1.165, 1.54) is 44.9 Å². The van der Waals surface area contributed by atoms with Crippen molar-refractivity contribution in [1.29, 1.82) is 0 Å². The summed E-state index contributed by atoms with van der Waals surface area (Å²) in [5, 5.41) is 4.20. The number of rotatable bonds is 3. The fourth-order valence-electron chi connectivity index (χ4n) is 2.70. The normalized spacial score (nSPS) is 17.9. The molecule has 1 saturated carbocycles. The molecule has 2 rings (SSSR count). The molecule has 3 nitrogen and oxygen atoms in total. The SMILES string of the molecule is Cc1c(Cl)nc(C(C)C)nc1NC1CCCCCCC1. The van der Waals surface area contributed by atoms with Gasteiger partial charge in [0.05, 0.1) is 0 Å². The van der Waals surface area contributed by atoms with E-state index < -0.39 is 0 Å². The molecule has 1 heterocycles. The summed E-state index contributed by atoms with van der Waals surface area (Å²) in [5.74, 6) is 2.05. The Kier molecular flexibility index (Phi) is 5.64. The summed E-state index contributed by atoms with van der Waals surface area (Å²) in [4.78, 5) is 9.05. The molecular formula is C16H26ClN3. The molecule has 0 aromatic carbocycles. The third-order valence-corrected chi connectivity index (χ3v) is 4.43. The molecule has 0 unspecified atom stereocenters. The summed E-state index contributed by atoms with van der Waals surface area (Å²) >= 11 is 6.25. The van der Waals surface area contributed by atoms with Crippen LogP contribution in [0.2, 0.25) is 5.15 Å². The molecule has 0 aliphatic heterocycles. The van der Waals surface area contributed by atoms with Gasteiger partial charge >= 0.3 is 0 Å². The molecule has 0 saturated heterocycles. The Balaban J connectivity index is 2.14. The highest BCUT2D eigenvalue weighted by Crippen LogP contribution is 2.26. The van der Waals surface area contributed by atoms with Gasteiger partial charge in [0.2, 0.25) is 0 Å². The average Bonchev–Trinajstić information content (AvgIpc) is 2.37. The highest BCUT2D eigenvalue weighted by atomic mass is 35.5. The number of nitrogens with one attached hydrogen (secondary N) is 1. The molecule has 1 aliphatic carbocycles. The van der Waals surface area contributed by atoms with Gasteiger partial charge in [-0.3, -0.25) is 0 Å². The minimum Gasteiger partial charge on any atom is -0.367 e. The highest BCUT2D eigenvalue weighted by molar-refractivity contribution is 6.30. The summed E-state index contributed by atoms with van der Waals surface area (Å²) in [6.45, 7) is 6.19. The van der Waals surface area contributed by atoms with Crippen molar-refractivity contribution in [3.63, 3.8) is 0 Å². The van der Waals surface area contributed by atoms with Crippen LogP contribution >= 0.6 is 11.6 Å². The van der Waals surface area contributed by atoms with Gasteiger partial charge < -0.3 is 5.32 Å². The van der Waals surface area contributed by atoms with E-state index in [0.717, 1.165) is 17.2 Å². The molecule has 0 atom stereocenters. The third-order valence-electron chi connectivity index (χ3n) is 4.07. The van der Waals surface area contributed by atoms with Gasteiger partial charge in [0.15, 0.2) is 0 Å². The van der Waals surface area contributed by atoms with E-state index in [4.69, 9.17) is 11.6 Å². The van der Waals surface area contributed by atoms with Crippen LogP contribution in [0.25, 0.3) is 0 Å². The quantitative estimate of drug-likeness (QED) is 0.790. The molecule has 1 fully saturated rings. The highest BCUT2D eigenvalue weighted by Gasteiger charge is 2.16. The Morgan fingerprint density at radius 1 is 1.05 bits per heavy atom. The first-order valence-electron chi connectivity index (χ1n) is 7.88. The fourth-order valence-corrected chi connectivity index (χ4v) is 2.87. The smallest absolute Gasteiger partial charge is 0.137 e. The molecule has 1 aliphatic rings. The minimum absolute atomic E-state index is 0.297. The van der Waals surface area contributed by atoms with Gasteiger partial charge in [-0.1, -0.05) is 57.6 Å². The van der Waals surface area contributed by atoms with Crippen molar-refractivity contribution in [3.05, 3.63) is 16.5 Å². The van der Waals surface area contributed by atoms with Crippen molar-refractivity contribution in [2.75, 3.05) is 5.32 Å². The van der Waals surface area contributed by atoms with Crippen molar-refractivity contribution in [3.8, 4) is 0 Å². The second kappa shape index (κ2) is 7.26. The lowest BCUT2D eigenvalue weighted by molar-refractivity contribution is 0.470. The van der Waals surface area contributed by atoms with Crippen LogP contribution in [-0.2, 0) is 0 Å². The van der Waals surface area contributed by atoms with Gasteiger partial charge in [-0.2, -0.15) is 0 Å². The van der Waals surface area contributed by atoms with Crippen LogP contribution in [0, 0.1) is 6.92 Å². The lowest BCUT2D eigenvalue weighted by atomic mass is 9.96. The van der Waals surface area contributed by atoms with Gasteiger partial charge in [-0.05, 0) is 19.8 Å². The van der Waals surface area contributed by atoms with E-state index >= 15 is 0 Å². The number of aromatic nitrogens is 2. The fraction of sp³-hybridized carbons (Fsp3) is 0.750. The van der Waals surface area contributed by atoms with Gasteiger partial charge in [0.1, 0.15) is 16.8 Å². The predicted molar refractivity (Wildman–Crippen MR) is 85.6 cm³/mol. The molecule has 0 bridgehead atoms. The average molecular weight is 296 g/mol. The number of nitrogens with zero attached hydrogens (tertiary/aromatic N) is 2. The molecular weight excluding hydrogens is 270 g/mol. The van der Waals surface area contributed by atoms with Crippen LogP contribution in [0.5, 0.6) is 0 Å². The first-order chi connectivity index (χ1) is 9.58. The zero-order valence-corrected chi connectivity index (χ0v) is 13.6. The number of hydrogen-bond acceptors (Lipinski definition) is 3. The third kappa shape index (κ3) is 4.08. The Labute approximate surface area is 127 Å². The zero-order chi connectivity index (χ0) is 14.5. The summed E-state index contributed by atoms with van der Waals surface area (Å²) in [6, 6.07) is 0.528. The summed E-state index contributed by atoms with van der Waals surface area (Å²) in [6.07, 6.45) is 9.20. The summed E-state index contributed by atoms with van der Waals surface area (Å²) in [7, 11) is 0. The van der Waals surface area contributed by atoms with E-state index in [9.17, 15) is 0 Å². The summed E-state index contributed by atoms with van der Waals surface area (Å²) < 4.78 is 0. The summed E-state index contributed by atoms with van der Waals surface area (Å²) in [5.41, 5.74) is 0.970. The van der Waals surface area contributed by atoms with Crippen molar-refractivity contribution >= 4 is 17.4 Å². The van der Waals surface area contributed by atoms with Crippen molar-refractivity contribution in [2.24, 2.45) is 0 Å². The largest absolute Gasteiger partial charge is 0.367 e. The van der Waals surface area contributed by atoms with Crippen LogP contribution in [0.15, 0.2) is 0 Å². The van der Waals surface area contributed by atoms with E-state index in [1.54, 1.807) is 0 Å². The first-order valence-corrected chi connectivity index (χ1v) is 8.26. The van der Waals surface area contributed by atoms with Gasteiger partial charge in [0.25, 0.3) is 0 Å².